The molecule has 0 N–H and O–H groups in total. The highest BCUT2D eigenvalue weighted by molar-refractivity contribution is 6.26. The van der Waals surface area contributed by atoms with Crippen LogP contribution < -0.4 is 0 Å². The highest BCUT2D eigenvalue weighted by Gasteiger charge is 2.19. The van der Waals surface area contributed by atoms with Crippen molar-refractivity contribution in [3.63, 3.8) is 0 Å². The van der Waals surface area contributed by atoms with Gasteiger partial charge in [0.2, 0.25) is 0 Å². The Hall–Kier alpha value is -7.68. The summed E-state index contributed by atoms with van der Waals surface area (Å²) in [7, 11) is 0. The van der Waals surface area contributed by atoms with Crippen molar-refractivity contribution in [3.05, 3.63) is 206 Å². The lowest BCUT2D eigenvalue weighted by molar-refractivity contribution is 0.663. The highest BCUT2D eigenvalue weighted by Crippen LogP contribution is 2.45. The van der Waals surface area contributed by atoms with E-state index in [-0.39, 0.29) is 51.3 Å². The molecule has 12 aromatic rings. The van der Waals surface area contributed by atoms with Gasteiger partial charge in [-0.1, -0.05) is 164 Å². The van der Waals surface area contributed by atoms with E-state index in [1.54, 1.807) is 0 Å². The van der Waals surface area contributed by atoms with Gasteiger partial charge in [-0.15, -0.1) is 0 Å². The lowest BCUT2D eigenvalue weighted by Gasteiger charge is -2.18. The van der Waals surface area contributed by atoms with E-state index in [1.807, 2.05) is 133 Å². The van der Waals surface area contributed by atoms with Gasteiger partial charge in [-0.2, -0.15) is 0 Å². The van der Waals surface area contributed by atoms with Gasteiger partial charge in [0, 0.05) is 21.5 Å². The van der Waals surface area contributed by atoms with Crippen LogP contribution in [0.5, 0.6) is 0 Å². The number of benzene rings is 10. The molecule has 0 atom stereocenters. The van der Waals surface area contributed by atoms with Crippen LogP contribution in [-0.2, 0) is 0 Å². The third-order valence-corrected chi connectivity index (χ3v) is 11.3. The quantitative estimate of drug-likeness (QED) is 0.164. The lowest BCUT2D eigenvalue weighted by atomic mass is 9.85. The molecule has 0 fully saturated rings. The second-order valence-electron chi connectivity index (χ2n) is 14.6. The zero-order chi connectivity index (χ0) is 45.1. The summed E-state index contributed by atoms with van der Waals surface area (Å²) in [6.45, 7) is 0. The number of rotatable bonds is 5. The van der Waals surface area contributed by atoms with Crippen LogP contribution in [-0.4, -0.2) is 0 Å². The van der Waals surface area contributed by atoms with Crippen molar-refractivity contribution < 1.29 is 19.8 Å². The Morgan fingerprint density at radius 1 is 0.276 bits per heavy atom. The molecule has 10 aromatic carbocycles. The molecule has 0 amide bonds. The van der Waals surface area contributed by atoms with E-state index in [1.165, 1.54) is 0 Å². The van der Waals surface area contributed by atoms with Crippen molar-refractivity contribution >= 4 is 65.4 Å². The normalized spacial score (nSPS) is 13.7. The topological polar surface area (TPSA) is 26.3 Å². The van der Waals surface area contributed by atoms with Gasteiger partial charge in [0.15, 0.2) is 0 Å². The Morgan fingerprint density at radius 3 is 1.36 bits per heavy atom. The molecule has 0 bridgehead atoms. The van der Waals surface area contributed by atoms with E-state index >= 15 is 0 Å². The van der Waals surface area contributed by atoms with E-state index < -0.39 is 24.2 Å². The van der Waals surface area contributed by atoms with Crippen LogP contribution in [0.15, 0.2) is 215 Å². The molecule has 12 rings (SSSR count). The molecule has 0 radical (unpaired) electrons. The number of hydrogen-bond donors (Lipinski definition) is 0. The molecule has 2 heterocycles. The van der Waals surface area contributed by atoms with E-state index in [0.717, 1.165) is 71.7 Å². The summed E-state index contributed by atoms with van der Waals surface area (Å²) in [5.74, 6) is 0. The minimum Gasteiger partial charge on any atom is -0.456 e. The minimum absolute atomic E-state index is 0.161. The second-order valence-corrected chi connectivity index (χ2v) is 14.6. The molecule has 0 unspecified atom stereocenters. The largest absolute Gasteiger partial charge is 0.456 e. The SMILES string of the molecule is [2H]c1c([2H])c([2H])c2c(-c3cccc(-c4ccc5c(c4)oc4ccc6oc7ccccc7c6c45)c3)c3c([2H])c([2H])c([2H])c([2H])c3c(-c3ccc(-c4cccc(-c5ccccc5)c4)cc3)c2c1[2H]. The van der Waals surface area contributed by atoms with Gasteiger partial charge in [-0.25, -0.2) is 0 Å². The minimum atomic E-state index is -0.445. The lowest BCUT2D eigenvalue weighted by Crippen LogP contribution is -1.91. The molecule has 0 saturated heterocycles. The second kappa shape index (κ2) is 12.9. The number of furan rings is 2. The molecule has 270 valence electrons. The monoisotopic (exact) mass is 746 g/mol. The molecular formula is C56H34O2. The summed E-state index contributed by atoms with van der Waals surface area (Å²) in [6.07, 6.45) is 0. The van der Waals surface area contributed by atoms with Gasteiger partial charge in [0.1, 0.15) is 22.3 Å². The van der Waals surface area contributed by atoms with Crippen molar-refractivity contribution in [2.45, 2.75) is 0 Å². The molecule has 0 spiro atoms. The van der Waals surface area contributed by atoms with Crippen LogP contribution >= 0.6 is 0 Å². The maximum Gasteiger partial charge on any atom is 0.136 e. The van der Waals surface area contributed by atoms with Gasteiger partial charge >= 0.3 is 0 Å². The fourth-order valence-corrected chi connectivity index (χ4v) is 8.66. The van der Waals surface area contributed by atoms with Crippen LogP contribution in [0.25, 0.3) is 121 Å². The highest BCUT2D eigenvalue weighted by atomic mass is 16.3. The summed E-state index contributed by atoms with van der Waals surface area (Å²) in [5.41, 5.74) is 10.2. The third kappa shape index (κ3) is 5.12. The zero-order valence-electron chi connectivity index (χ0n) is 38.8. The molecule has 0 saturated carbocycles. The van der Waals surface area contributed by atoms with Crippen molar-refractivity contribution in [1.82, 2.24) is 0 Å². The van der Waals surface area contributed by atoms with Crippen LogP contribution in [0.4, 0.5) is 0 Å². The standard InChI is InChI=1S/C56H34O2/c1-2-12-35(13-3-1)38-14-10-15-39(32-38)36-24-26-37(27-25-36)53-43-18-4-6-20-45(43)54(46-21-7-5-19-44(46)53)42-17-11-16-40(33-42)41-28-29-48-52(34-41)58-51-31-30-50-55(56(48)51)47-22-8-9-23-49(47)57-50/h1-34H/i4D,5D,6D,7D,18D,19D,20D,21D. The predicted molar refractivity (Wildman–Crippen MR) is 243 cm³/mol. The Morgan fingerprint density at radius 2 is 0.707 bits per heavy atom. The van der Waals surface area contributed by atoms with E-state index in [2.05, 4.69) is 24.3 Å². The number of hydrogen-bond acceptors (Lipinski definition) is 2. The summed E-state index contributed by atoms with van der Waals surface area (Å²) in [6, 6.07) is 48.2. The van der Waals surface area contributed by atoms with Crippen molar-refractivity contribution in [3.8, 4) is 55.6 Å². The first kappa shape index (κ1) is 25.5. The predicted octanol–water partition coefficient (Wildman–Crippen LogP) is 16.1. The molecule has 0 aliphatic heterocycles. The number of fused-ring (bicyclic) bond motifs is 9. The van der Waals surface area contributed by atoms with Crippen molar-refractivity contribution in [2.75, 3.05) is 0 Å². The summed E-state index contributed by atoms with van der Waals surface area (Å²) >= 11 is 0. The molecule has 2 heteroatoms. The van der Waals surface area contributed by atoms with E-state index in [0.29, 0.717) is 22.3 Å². The van der Waals surface area contributed by atoms with E-state index in [4.69, 9.17) is 14.3 Å². The van der Waals surface area contributed by atoms with Gasteiger partial charge < -0.3 is 8.83 Å². The molecule has 0 aliphatic rings. The maximum absolute atomic E-state index is 9.46. The van der Waals surface area contributed by atoms with E-state index in [9.17, 15) is 5.48 Å². The Kier molecular flexibility index (Phi) is 5.68. The fraction of sp³-hybridized carbons (Fsp3) is 0. The van der Waals surface area contributed by atoms with Crippen molar-refractivity contribution in [2.24, 2.45) is 0 Å². The van der Waals surface area contributed by atoms with Crippen molar-refractivity contribution in [1.29, 1.82) is 0 Å². The van der Waals surface area contributed by atoms with Crippen LogP contribution in [0.1, 0.15) is 11.0 Å². The smallest absolute Gasteiger partial charge is 0.136 e. The van der Waals surface area contributed by atoms with Gasteiger partial charge in [0.05, 0.1) is 11.0 Å². The first-order valence-corrected chi connectivity index (χ1v) is 19.2. The molecule has 2 aromatic heterocycles. The molecule has 2 nitrogen and oxygen atoms in total. The summed E-state index contributed by atoms with van der Waals surface area (Å²) in [5, 5.41) is 4.53. The van der Waals surface area contributed by atoms with Gasteiger partial charge in [-0.3, -0.25) is 0 Å². The van der Waals surface area contributed by atoms with Gasteiger partial charge in [-0.05, 0) is 120 Å². The zero-order valence-corrected chi connectivity index (χ0v) is 30.8. The fourth-order valence-electron chi connectivity index (χ4n) is 8.66. The average molecular weight is 747 g/mol. The average Bonchev–Trinajstić information content (AvgIpc) is 3.93. The molecule has 58 heavy (non-hydrogen) atoms. The maximum atomic E-state index is 9.46. The van der Waals surface area contributed by atoms with Crippen LogP contribution in [0, 0.1) is 0 Å². The summed E-state index contributed by atoms with van der Waals surface area (Å²) in [4.78, 5) is 0. The van der Waals surface area contributed by atoms with Crippen LogP contribution in [0.2, 0.25) is 0 Å². The first-order chi connectivity index (χ1) is 32.1. The Labute approximate surface area is 346 Å². The molecular weight excluding hydrogens is 705 g/mol. The third-order valence-electron chi connectivity index (χ3n) is 11.3. The van der Waals surface area contributed by atoms with Gasteiger partial charge in [0.25, 0.3) is 0 Å². The van der Waals surface area contributed by atoms with Crippen LogP contribution in [0.3, 0.4) is 0 Å². The molecule has 0 aliphatic carbocycles. The first-order valence-electron chi connectivity index (χ1n) is 23.2. The summed E-state index contributed by atoms with van der Waals surface area (Å²) < 4.78 is 86.0. The number of para-hydroxylation sites is 1. The Bertz CT molecular complexity index is 3940. The Balaban J connectivity index is 1.08.